The Labute approximate surface area is 103 Å². The second kappa shape index (κ2) is 7.06. The maximum absolute atomic E-state index is 5.10. The Morgan fingerprint density at radius 3 is 2.65 bits per heavy atom. The van der Waals surface area contributed by atoms with E-state index in [4.69, 9.17) is 4.74 Å². The molecule has 1 rings (SSSR count). The molecule has 0 saturated carbocycles. The Morgan fingerprint density at radius 1 is 1.35 bits per heavy atom. The lowest BCUT2D eigenvalue weighted by Gasteiger charge is -2.13. The van der Waals surface area contributed by atoms with Crippen molar-refractivity contribution < 1.29 is 4.74 Å². The predicted octanol–water partition coefficient (Wildman–Crippen LogP) is 1.78. The smallest absolute Gasteiger partial charge is 0.132 e. The summed E-state index contributed by atoms with van der Waals surface area (Å²) in [7, 11) is 3.58. The average molecular weight is 238 g/mol. The van der Waals surface area contributed by atoms with Gasteiger partial charge in [0.15, 0.2) is 0 Å². The van der Waals surface area contributed by atoms with E-state index >= 15 is 0 Å². The molecule has 0 aliphatic heterocycles. The van der Waals surface area contributed by atoms with E-state index in [0.29, 0.717) is 5.92 Å². The molecule has 0 bridgehead atoms. The van der Waals surface area contributed by atoms with E-state index in [1.807, 2.05) is 20.0 Å². The zero-order chi connectivity index (χ0) is 12.7. The van der Waals surface area contributed by atoms with Crippen LogP contribution in [0.15, 0.2) is 6.07 Å². The molecule has 1 aromatic heterocycles. The lowest BCUT2D eigenvalue weighted by atomic mass is 10.2. The first kappa shape index (κ1) is 13.7. The summed E-state index contributed by atoms with van der Waals surface area (Å²) in [6.45, 7) is 5.78. The number of ether oxygens (including phenoxy) is 1. The molecule has 0 amide bonds. The Hall–Kier alpha value is -1.36. The molecule has 17 heavy (non-hydrogen) atoms. The summed E-state index contributed by atoms with van der Waals surface area (Å²) >= 11 is 0. The van der Waals surface area contributed by atoms with Gasteiger partial charge in [-0.1, -0.05) is 13.8 Å². The van der Waals surface area contributed by atoms with Crippen LogP contribution in [0.1, 0.15) is 19.7 Å². The largest absolute Gasteiger partial charge is 0.384 e. The maximum atomic E-state index is 5.10. The molecule has 0 aliphatic rings. The number of anilines is 2. The second-order valence-corrected chi connectivity index (χ2v) is 4.10. The van der Waals surface area contributed by atoms with Gasteiger partial charge in [-0.25, -0.2) is 9.97 Å². The molecule has 0 saturated heterocycles. The molecule has 2 N–H and O–H groups in total. The quantitative estimate of drug-likeness (QED) is 0.758. The Bertz CT molecular complexity index is 321. The SMILES string of the molecule is CCc1nc(NC)cc(NCC(C)COC)n1. The molecule has 1 atom stereocenters. The fourth-order valence-electron chi connectivity index (χ4n) is 1.50. The minimum absolute atomic E-state index is 0.457. The zero-order valence-electron chi connectivity index (χ0n) is 11.1. The standard InChI is InChI=1S/C12H22N4O/c1-5-10-15-11(13-3)6-12(16-10)14-7-9(2)8-17-4/h6,9H,5,7-8H2,1-4H3,(H2,13,14,15,16). The van der Waals surface area contributed by atoms with E-state index in [1.54, 1.807) is 7.11 Å². The van der Waals surface area contributed by atoms with Crippen LogP contribution < -0.4 is 10.6 Å². The number of aromatic nitrogens is 2. The van der Waals surface area contributed by atoms with Crippen molar-refractivity contribution in [3.8, 4) is 0 Å². The van der Waals surface area contributed by atoms with E-state index in [2.05, 4.69) is 27.5 Å². The van der Waals surface area contributed by atoms with Crippen LogP contribution in [0, 0.1) is 5.92 Å². The van der Waals surface area contributed by atoms with Crippen molar-refractivity contribution in [2.45, 2.75) is 20.3 Å². The van der Waals surface area contributed by atoms with Crippen LogP contribution >= 0.6 is 0 Å². The van der Waals surface area contributed by atoms with Crippen molar-refractivity contribution in [2.75, 3.05) is 37.9 Å². The maximum Gasteiger partial charge on any atom is 0.132 e. The first-order chi connectivity index (χ1) is 8.19. The van der Waals surface area contributed by atoms with Crippen molar-refractivity contribution >= 4 is 11.6 Å². The number of methoxy groups -OCH3 is 1. The monoisotopic (exact) mass is 238 g/mol. The van der Waals surface area contributed by atoms with Gasteiger partial charge in [-0.3, -0.25) is 0 Å². The highest BCUT2D eigenvalue weighted by Crippen LogP contribution is 2.11. The van der Waals surface area contributed by atoms with Crippen LogP contribution in [0.2, 0.25) is 0 Å². The van der Waals surface area contributed by atoms with Gasteiger partial charge in [0, 0.05) is 33.2 Å². The first-order valence-electron chi connectivity index (χ1n) is 5.98. The molecule has 5 heteroatoms. The molecule has 0 aliphatic carbocycles. The van der Waals surface area contributed by atoms with Crippen LogP contribution in [0.3, 0.4) is 0 Å². The highest BCUT2D eigenvalue weighted by Gasteiger charge is 2.05. The Balaban J connectivity index is 2.63. The van der Waals surface area contributed by atoms with E-state index < -0.39 is 0 Å². The van der Waals surface area contributed by atoms with Crippen molar-refractivity contribution in [3.63, 3.8) is 0 Å². The average Bonchev–Trinajstić information content (AvgIpc) is 2.36. The summed E-state index contributed by atoms with van der Waals surface area (Å²) in [5.74, 6) is 3.01. The number of nitrogens with zero attached hydrogens (tertiary/aromatic N) is 2. The second-order valence-electron chi connectivity index (χ2n) is 4.10. The van der Waals surface area contributed by atoms with Gasteiger partial charge in [-0.15, -0.1) is 0 Å². The van der Waals surface area contributed by atoms with Crippen LogP contribution in [-0.4, -0.2) is 37.3 Å². The summed E-state index contributed by atoms with van der Waals surface area (Å²) in [6, 6.07) is 1.92. The summed E-state index contributed by atoms with van der Waals surface area (Å²) in [4.78, 5) is 8.78. The molecule has 0 spiro atoms. The number of rotatable bonds is 7. The molecule has 0 radical (unpaired) electrons. The lowest BCUT2D eigenvalue weighted by molar-refractivity contribution is 0.164. The third-order valence-electron chi connectivity index (χ3n) is 2.43. The minimum atomic E-state index is 0.457. The van der Waals surface area contributed by atoms with Gasteiger partial charge in [-0.2, -0.15) is 0 Å². The van der Waals surface area contributed by atoms with Crippen LogP contribution in [0.25, 0.3) is 0 Å². The molecule has 96 valence electrons. The summed E-state index contributed by atoms with van der Waals surface area (Å²) < 4.78 is 5.10. The van der Waals surface area contributed by atoms with Gasteiger partial charge in [-0.05, 0) is 5.92 Å². The van der Waals surface area contributed by atoms with Gasteiger partial charge in [0.2, 0.25) is 0 Å². The summed E-state index contributed by atoms with van der Waals surface area (Å²) in [5, 5.41) is 6.35. The fraction of sp³-hybridized carbons (Fsp3) is 0.667. The van der Waals surface area contributed by atoms with Crippen LogP contribution in [0.4, 0.5) is 11.6 Å². The molecular weight excluding hydrogens is 216 g/mol. The van der Waals surface area contributed by atoms with Gasteiger partial charge >= 0.3 is 0 Å². The normalized spacial score (nSPS) is 12.2. The van der Waals surface area contributed by atoms with Gasteiger partial charge in [0.1, 0.15) is 17.5 Å². The number of nitrogens with one attached hydrogen (secondary N) is 2. The molecule has 0 aromatic carbocycles. The highest BCUT2D eigenvalue weighted by atomic mass is 16.5. The van der Waals surface area contributed by atoms with Gasteiger partial charge in [0.25, 0.3) is 0 Å². The van der Waals surface area contributed by atoms with Crippen molar-refractivity contribution in [1.82, 2.24) is 9.97 Å². The third-order valence-corrected chi connectivity index (χ3v) is 2.43. The van der Waals surface area contributed by atoms with Crippen molar-refractivity contribution in [2.24, 2.45) is 5.92 Å². The Morgan fingerprint density at radius 2 is 2.06 bits per heavy atom. The van der Waals surface area contributed by atoms with E-state index in [-0.39, 0.29) is 0 Å². The molecule has 1 heterocycles. The number of hydrogen-bond donors (Lipinski definition) is 2. The van der Waals surface area contributed by atoms with Gasteiger partial charge < -0.3 is 15.4 Å². The molecule has 5 nitrogen and oxygen atoms in total. The van der Waals surface area contributed by atoms with E-state index in [1.165, 1.54) is 0 Å². The van der Waals surface area contributed by atoms with E-state index in [9.17, 15) is 0 Å². The molecule has 0 fully saturated rings. The van der Waals surface area contributed by atoms with Gasteiger partial charge in [0.05, 0.1) is 6.61 Å². The van der Waals surface area contributed by atoms with Crippen molar-refractivity contribution in [3.05, 3.63) is 11.9 Å². The summed E-state index contributed by atoms with van der Waals surface area (Å²) in [5.41, 5.74) is 0. The zero-order valence-corrected chi connectivity index (χ0v) is 11.1. The number of hydrogen-bond acceptors (Lipinski definition) is 5. The number of aryl methyl sites for hydroxylation is 1. The highest BCUT2D eigenvalue weighted by molar-refractivity contribution is 5.47. The molecule has 1 unspecified atom stereocenters. The fourth-order valence-corrected chi connectivity index (χ4v) is 1.50. The summed E-state index contributed by atoms with van der Waals surface area (Å²) in [6.07, 6.45) is 0.831. The van der Waals surface area contributed by atoms with E-state index in [0.717, 1.165) is 37.0 Å². The van der Waals surface area contributed by atoms with Crippen LogP contribution in [0.5, 0.6) is 0 Å². The molecular formula is C12H22N4O. The van der Waals surface area contributed by atoms with Crippen molar-refractivity contribution in [1.29, 1.82) is 0 Å². The lowest BCUT2D eigenvalue weighted by Crippen LogP contribution is -2.17. The third kappa shape index (κ3) is 4.56. The van der Waals surface area contributed by atoms with Crippen LogP contribution in [-0.2, 0) is 11.2 Å². The molecule has 1 aromatic rings. The minimum Gasteiger partial charge on any atom is -0.384 e. The topological polar surface area (TPSA) is 59.1 Å². The first-order valence-corrected chi connectivity index (χ1v) is 5.98. The predicted molar refractivity (Wildman–Crippen MR) is 70.5 cm³/mol. The Kier molecular flexibility index (Phi) is 5.69.